The molecule has 20 heavy (non-hydrogen) atoms. The van der Waals surface area contributed by atoms with Crippen LogP contribution in [0.15, 0.2) is 35.1 Å². The van der Waals surface area contributed by atoms with Gasteiger partial charge in [0.2, 0.25) is 0 Å². The largest absolute Gasteiger partial charge is 0.494 e. The molecule has 2 rings (SSSR count). The van der Waals surface area contributed by atoms with Gasteiger partial charge < -0.3 is 10.5 Å². The number of ether oxygens (including phenoxy) is 1. The highest BCUT2D eigenvalue weighted by molar-refractivity contribution is 5.63. The summed E-state index contributed by atoms with van der Waals surface area (Å²) in [6, 6.07) is 9.22. The Morgan fingerprint density at radius 3 is 2.85 bits per heavy atom. The number of hydrogen-bond acceptors (Lipinski definition) is 4. The molecular formula is C15H19N3O2. The van der Waals surface area contributed by atoms with E-state index >= 15 is 0 Å². The van der Waals surface area contributed by atoms with Crippen molar-refractivity contribution < 1.29 is 4.74 Å². The molecule has 5 nitrogen and oxygen atoms in total. The molecule has 0 fully saturated rings. The van der Waals surface area contributed by atoms with E-state index in [9.17, 15) is 4.79 Å². The predicted octanol–water partition coefficient (Wildman–Crippen LogP) is 2.21. The van der Waals surface area contributed by atoms with Crippen LogP contribution in [0.5, 0.6) is 5.75 Å². The third-order valence-electron chi connectivity index (χ3n) is 2.99. The lowest BCUT2D eigenvalue weighted by Gasteiger charge is -2.08. The van der Waals surface area contributed by atoms with Gasteiger partial charge in [-0.25, -0.2) is 4.68 Å². The summed E-state index contributed by atoms with van der Waals surface area (Å²) in [6.45, 7) is 2.82. The fourth-order valence-corrected chi connectivity index (χ4v) is 1.85. The zero-order valence-electron chi connectivity index (χ0n) is 11.8. The summed E-state index contributed by atoms with van der Waals surface area (Å²) in [4.78, 5) is 11.5. The minimum Gasteiger partial charge on any atom is -0.494 e. The first-order valence-electron chi connectivity index (χ1n) is 6.69. The molecule has 0 aliphatic heterocycles. The maximum atomic E-state index is 11.5. The summed E-state index contributed by atoms with van der Waals surface area (Å²) in [7, 11) is 1.59. The van der Waals surface area contributed by atoms with Gasteiger partial charge in [0.25, 0.3) is 5.56 Å². The van der Waals surface area contributed by atoms with E-state index in [2.05, 4.69) is 12.0 Å². The zero-order chi connectivity index (χ0) is 14.5. The Morgan fingerprint density at radius 1 is 1.35 bits per heavy atom. The number of aryl methyl sites for hydroxylation is 1. The van der Waals surface area contributed by atoms with Crippen LogP contribution < -0.4 is 16.0 Å². The molecule has 0 atom stereocenters. The second kappa shape index (κ2) is 6.23. The normalized spacial score (nSPS) is 10.5. The van der Waals surface area contributed by atoms with Crippen LogP contribution in [-0.2, 0) is 7.05 Å². The fourth-order valence-electron chi connectivity index (χ4n) is 1.85. The third kappa shape index (κ3) is 3.17. The molecule has 106 valence electrons. The SMILES string of the molecule is CCCCOc1cccc(-c2cc(N)c(=O)n(C)n2)c1. The Hall–Kier alpha value is -2.30. The van der Waals surface area contributed by atoms with Crippen molar-refractivity contribution in [2.45, 2.75) is 19.8 Å². The Balaban J connectivity index is 2.29. The first-order valence-corrected chi connectivity index (χ1v) is 6.69. The highest BCUT2D eigenvalue weighted by Gasteiger charge is 2.06. The molecule has 0 aliphatic rings. The van der Waals surface area contributed by atoms with Crippen molar-refractivity contribution in [1.82, 2.24) is 9.78 Å². The quantitative estimate of drug-likeness (QED) is 0.848. The van der Waals surface area contributed by atoms with Crippen LogP contribution in [0, 0.1) is 0 Å². The van der Waals surface area contributed by atoms with Crippen molar-refractivity contribution >= 4 is 5.69 Å². The molecule has 0 amide bonds. The summed E-state index contributed by atoms with van der Waals surface area (Å²) < 4.78 is 6.91. The van der Waals surface area contributed by atoms with Crippen molar-refractivity contribution in [3.05, 3.63) is 40.7 Å². The molecule has 0 aliphatic carbocycles. The number of hydrogen-bond donors (Lipinski definition) is 1. The molecule has 2 N–H and O–H groups in total. The second-order valence-corrected chi connectivity index (χ2v) is 4.64. The van der Waals surface area contributed by atoms with Crippen molar-refractivity contribution in [2.24, 2.45) is 7.05 Å². The number of aromatic nitrogens is 2. The van der Waals surface area contributed by atoms with Crippen LogP contribution in [-0.4, -0.2) is 16.4 Å². The van der Waals surface area contributed by atoms with Crippen LogP contribution in [0.1, 0.15) is 19.8 Å². The lowest BCUT2D eigenvalue weighted by molar-refractivity contribution is 0.309. The van der Waals surface area contributed by atoms with Gasteiger partial charge in [-0.3, -0.25) is 4.79 Å². The van der Waals surface area contributed by atoms with Gasteiger partial charge in [0, 0.05) is 12.6 Å². The third-order valence-corrected chi connectivity index (χ3v) is 2.99. The van der Waals surface area contributed by atoms with Crippen LogP contribution in [0.3, 0.4) is 0 Å². The fraction of sp³-hybridized carbons (Fsp3) is 0.333. The van der Waals surface area contributed by atoms with Crippen molar-refractivity contribution in [3.8, 4) is 17.0 Å². The molecule has 5 heteroatoms. The molecule has 1 aromatic carbocycles. The van der Waals surface area contributed by atoms with E-state index in [1.54, 1.807) is 13.1 Å². The summed E-state index contributed by atoms with van der Waals surface area (Å²) in [5.74, 6) is 0.796. The Morgan fingerprint density at radius 2 is 2.15 bits per heavy atom. The van der Waals surface area contributed by atoms with Gasteiger partial charge in [-0.2, -0.15) is 5.10 Å². The molecule has 0 unspecified atom stereocenters. The number of unbranched alkanes of at least 4 members (excludes halogenated alkanes) is 1. The van der Waals surface area contributed by atoms with E-state index in [1.807, 2.05) is 24.3 Å². The molecule has 0 radical (unpaired) electrons. The molecule has 1 heterocycles. The smallest absolute Gasteiger partial charge is 0.289 e. The molecule has 2 aromatic rings. The summed E-state index contributed by atoms with van der Waals surface area (Å²) >= 11 is 0. The molecular weight excluding hydrogens is 254 g/mol. The molecule has 0 spiro atoms. The first kappa shape index (κ1) is 14.1. The highest BCUT2D eigenvalue weighted by Crippen LogP contribution is 2.22. The van der Waals surface area contributed by atoms with E-state index in [-0.39, 0.29) is 11.2 Å². The average Bonchev–Trinajstić information content (AvgIpc) is 2.45. The lowest BCUT2D eigenvalue weighted by atomic mass is 10.1. The first-order chi connectivity index (χ1) is 9.61. The maximum absolute atomic E-state index is 11.5. The molecule has 1 aromatic heterocycles. The number of nitrogens with two attached hydrogens (primary N) is 1. The minimum absolute atomic E-state index is 0.190. The molecule has 0 bridgehead atoms. The summed E-state index contributed by atoms with van der Waals surface area (Å²) in [5, 5.41) is 4.21. The van der Waals surface area contributed by atoms with Crippen LogP contribution in [0.4, 0.5) is 5.69 Å². The number of rotatable bonds is 5. The van der Waals surface area contributed by atoms with Gasteiger partial charge in [-0.1, -0.05) is 25.5 Å². The molecule has 0 saturated heterocycles. The van der Waals surface area contributed by atoms with Crippen LogP contribution in [0.2, 0.25) is 0 Å². The van der Waals surface area contributed by atoms with Gasteiger partial charge in [0.15, 0.2) is 0 Å². The van der Waals surface area contributed by atoms with E-state index in [0.717, 1.165) is 24.2 Å². The topological polar surface area (TPSA) is 70.1 Å². The van der Waals surface area contributed by atoms with Crippen LogP contribution in [0.25, 0.3) is 11.3 Å². The van der Waals surface area contributed by atoms with E-state index in [0.29, 0.717) is 12.3 Å². The van der Waals surface area contributed by atoms with E-state index in [4.69, 9.17) is 10.5 Å². The number of benzene rings is 1. The monoisotopic (exact) mass is 273 g/mol. The highest BCUT2D eigenvalue weighted by atomic mass is 16.5. The summed E-state index contributed by atoms with van der Waals surface area (Å²) in [5.41, 5.74) is 7.13. The van der Waals surface area contributed by atoms with Gasteiger partial charge in [-0.15, -0.1) is 0 Å². The minimum atomic E-state index is -0.288. The predicted molar refractivity (Wildman–Crippen MR) is 79.7 cm³/mol. The van der Waals surface area contributed by atoms with Gasteiger partial charge in [0.1, 0.15) is 11.4 Å². The zero-order valence-corrected chi connectivity index (χ0v) is 11.8. The van der Waals surface area contributed by atoms with Crippen LogP contribution >= 0.6 is 0 Å². The standard InChI is InChI=1S/C15H19N3O2/c1-3-4-8-20-12-7-5-6-11(9-12)14-10-13(16)15(19)18(2)17-14/h5-7,9-10H,3-4,8,16H2,1-2H3. The average molecular weight is 273 g/mol. The number of anilines is 1. The Kier molecular flexibility index (Phi) is 4.40. The Labute approximate surface area is 118 Å². The van der Waals surface area contributed by atoms with Gasteiger partial charge in [-0.05, 0) is 24.6 Å². The summed E-state index contributed by atoms with van der Waals surface area (Å²) in [6.07, 6.45) is 2.12. The lowest BCUT2D eigenvalue weighted by Crippen LogP contribution is -2.22. The molecule has 0 saturated carbocycles. The maximum Gasteiger partial charge on any atom is 0.289 e. The van der Waals surface area contributed by atoms with Gasteiger partial charge >= 0.3 is 0 Å². The van der Waals surface area contributed by atoms with Crippen molar-refractivity contribution in [3.63, 3.8) is 0 Å². The van der Waals surface area contributed by atoms with Gasteiger partial charge in [0.05, 0.1) is 12.3 Å². The van der Waals surface area contributed by atoms with E-state index < -0.39 is 0 Å². The number of nitrogens with zero attached hydrogens (tertiary/aromatic N) is 2. The van der Waals surface area contributed by atoms with Crippen molar-refractivity contribution in [2.75, 3.05) is 12.3 Å². The number of nitrogen functional groups attached to an aromatic ring is 1. The van der Waals surface area contributed by atoms with E-state index in [1.165, 1.54) is 4.68 Å². The Bertz CT molecular complexity index is 624. The second-order valence-electron chi connectivity index (χ2n) is 4.64. The van der Waals surface area contributed by atoms with Crippen molar-refractivity contribution in [1.29, 1.82) is 0 Å².